The highest BCUT2D eigenvalue weighted by Gasteiger charge is 2.49. The van der Waals surface area contributed by atoms with Crippen LogP contribution in [0, 0.1) is 5.92 Å². The lowest BCUT2D eigenvalue weighted by Gasteiger charge is -2.27. The van der Waals surface area contributed by atoms with E-state index in [-0.39, 0.29) is 17.7 Å². The Bertz CT molecular complexity index is 1140. The predicted octanol–water partition coefficient (Wildman–Crippen LogP) is 4.88. The summed E-state index contributed by atoms with van der Waals surface area (Å²) in [5, 5.41) is 7.45. The number of amides is 1. The van der Waals surface area contributed by atoms with Gasteiger partial charge in [-0.3, -0.25) is 4.90 Å². The van der Waals surface area contributed by atoms with E-state index in [0.29, 0.717) is 16.4 Å². The molecule has 3 heterocycles. The summed E-state index contributed by atoms with van der Waals surface area (Å²) in [6.45, 7) is 2.32. The highest BCUT2D eigenvalue weighted by Crippen LogP contribution is 2.35. The molecule has 13 heteroatoms. The Morgan fingerprint density at radius 3 is 2.61 bits per heavy atom. The molecule has 0 spiro atoms. The molecule has 2 aromatic heterocycles. The van der Waals surface area contributed by atoms with Crippen molar-refractivity contribution in [2.45, 2.75) is 32.1 Å². The molecule has 9 nitrogen and oxygen atoms in total. The molecule has 33 heavy (non-hydrogen) atoms. The van der Waals surface area contributed by atoms with Crippen LogP contribution in [0.3, 0.4) is 0 Å². The highest BCUT2D eigenvalue weighted by molar-refractivity contribution is 6.30. The first-order chi connectivity index (χ1) is 15.6. The Labute approximate surface area is 190 Å². The van der Waals surface area contributed by atoms with Gasteiger partial charge < -0.3 is 14.6 Å². The SMILES string of the molecule is C[C@H](Nc1nccc(N2C(=O)OC[C@@H]2[C@H](C)C(F)(F)F)n1)c1nc(-c2ccc(Cl)cc2)no1. The second-order valence-electron chi connectivity index (χ2n) is 7.41. The molecule has 1 aliphatic heterocycles. The first-order valence-electron chi connectivity index (χ1n) is 9.85. The zero-order valence-electron chi connectivity index (χ0n) is 17.4. The molecular formula is C20H18ClF3N6O3. The van der Waals surface area contributed by atoms with Crippen LogP contribution < -0.4 is 10.2 Å². The first kappa shape index (κ1) is 22.8. The van der Waals surface area contributed by atoms with Crippen molar-refractivity contribution in [3.8, 4) is 11.4 Å². The third kappa shape index (κ3) is 4.85. The molecule has 1 aromatic carbocycles. The van der Waals surface area contributed by atoms with Gasteiger partial charge in [-0.15, -0.1) is 0 Å². The fourth-order valence-electron chi connectivity index (χ4n) is 3.22. The fourth-order valence-corrected chi connectivity index (χ4v) is 3.35. The molecule has 1 saturated heterocycles. The number of ether oxygens (including phenoxy) is 1. The topological polar surface area (TPSA) is 106 Å². The number of halogens is 4. The molecule has 1 amide bonds. The summed E-state index contributed by atoms with van der Waals surface area (Å²) in [7, 11) is 0. The monoisotopic (exact) mass is 482 g/mol. The molecule has 1 fully saturated rings. The minimum atomic E-state index is -4.50. The Morgan fingerprint density at radius 2 is 1.91 bits per heavy atom. The number of hydrogen-bond donors (Lipinski definition) is 1. The molecule has 3 aromatic rings. The third-order valence-electron chi connectivity index (χ3n) is 5.15. The number of aromatic nitrogens is 4. The summed E-state index contributed by atoms with van der Waals surface area (Å²) in [5.41, 5.74) is 0.706. The van der Waals surface area contributed by atoms with Gasteiger partial charge in [0.05, 0.1) is 12.0 Å². The molecule has 0 radical (unpaired) electrons. The van der Waals surface area contributed by atoms with Gasteiger partial charge in [-0.05, 0) is 37.3 Å². The number of anilines is 2. The number of benzene rings is 1. The Morgan fingerprint density at radius 1 is 1.18 bits per heavy atom. The quantitative estimate of drug-likeness (QED) is 0.530. The Balaban J connectivity index is 1.51. The maximum atomic E-state index is 13.2. The van der Waals surface area contributed by atoms with Gasteiger partial charge in [0.15, 0.2) is 0 Å². The molecule has 0 saturated carbocycles. The van der Waals surface area contributed by atoms with Crippen molar-refractivity contribution in [3.63, 3.8) is 0 Å². The van der Waals surface area contributed by atoms with Gasteiger partial charge in [0, 0.05) is 16.8 Å². The Hall–Kier alpha value is -3.41. The summed E-state index contributed by atoms with van der Waals surface area (Å²) >= 11 is 5.89. The van der Waals surface area contributed by atoms with Crippen molar-refractivity contribution in [1.82, 2.24) is 20.1 Å². The summed E-state index contributed by atoms with van der Waals surface area (Å²) < 4.78 is 49.8. The Kier molecular flexibility index (Phi) is 6.11. The summed E-state index contributed by atoms with van der Waals surface area (Å²) in [6.07, 6.45) is -4.08. The van der Waals surface area contributed by atoms with Crippen molar-refractivity contribution in [2.75, 3.05) is 16.8 Å². The number of alkyl halides is 3. The second-order valence-corrected chi connectivity index (χ2v) is 7.85. The van der Waals surface area contributed by atoms with Crippen LogP contribution in [0.1, 0.15) is 25.8 Å². The maximum Gasteiger partial charge on any atom is 0.415 e. The van der Waals surface area contributed by atoms with Gasteiger partial charge in [0.2, 0.25) is 17.7 Å². The largest absolute Gasteiger partial charge is 0.447 e. The van der Waals surface area contributed by atoms with Crippen LogP contribution in [0.4, 0.5) is 29.7 Å². The average Bonchev–Trinajstić information content (AvgIpc) is 3.40. The van der Waals surface area contributed by atoms with Crippen LogP contribution in [-0.4, -0.2) is 45.0 Å². The summed E-state index contributed by atoms with van der Waals surface area (Å²) in [5.74, 6) is -1.18. The zero-order valence-corrected chi connectivity index (χ0v) is 18.1. The minimum Gasteiger partial charge on any atom is -0.447 e. The van der Waals surface area contributed by atoms with Gasteiger partial charge >= 0.3 is 12.3 Å². The zero-order chi connectivity index (χ0) is 23.8. The van der Waals surface area contributed by atoms with Crippen LogP contribution >= 0.6 is 11.6 Å². The lowest BCUT2D eigenvalue weighted by molar-refractivity contribution is -0.174. The molecule has 1 N–H and O–H groups in total. The maximum absolute atomic E-state index is 13.2. The molecule has 0 aliphatic carbocycles. The van der Waals surface area contributed by atoms with E-state index in [4.69, 9.17) is 20.9 Å². The fraction of sp³-hybridized carbons (Fsp3) is 0.350. The molecule has 0 unspecified atom stereocenters. The molecule has 1 aliphatic rings. The average molecular weight is 483 g/mol. The summed E-state index contributed by atoms with van der Waals surface area (Å²) in [4.78, 5) is 25.6. The molecule has 174 valence electrons. The van der Waals surface area contributed by atoms with E-state index in [9.17, 15) is 18.0 Å². The van der Waals surface area contributed by atoms with Crippen molar-refractivity contribution < 1.29 is 27.2 Å². The van der Waals surface area contributed by atoms with Gasteiger partial charge in [-0.2, -0.15) is 23.1 Å². The standard InChI is InChI=1S/C20H18ClF3N6O3/c1-10(20(22,23)24)14-9-32-19(31)30(14)15-7-8-25-18(27-15)26-11(2)17-28-16(29-33-17)12-3-5-13(21)6-4-12/h3-8,10-11,14H,9H2,1-2H3,(H,25,26,27)/t10-,11-,14+/m0/s1. The number of cyclic esters (lactones) is 1. The van der Waals surface area contributed by atoms with E-state index in [1.165, 1.54) is 12.3 Å². The van der Waals surface area contributed by atoms with E-state index < -0.39 is 36.9 Å². The molecule has 3 atom stereocenters. The molecule has 0 bridgehead atoms. The lowest BCUT2D eigenvalue weighted by atomic mass is 10.0. The third-order valence-corrected chi connectivity index (χ3v) is 5.40. The van der Waals surface area contributed by atoms with Crippen molar-refractivity contribution in [1.29, 1.82) is 0 Å². The number of nitrogens with zero attached hydrogens (tertiary/aromatic N) is 5. The van der Waals surface area contributed by atoms with Crippen molar-refractivity contribution in [3.05, 3.63) is 47.4 Å². The van der Waals surface area contributed by atoms with E-state index in [1.54, 1.807) is 31.2 Å². The van der Waals surface area contributed by atoms with E-state index in [0.717, 1.165) is 11.8 Å². The van der Waals surface area contributed by atoms with Gasteiger partial charge in [0.25, 0.3) is 0 Å². The van der Waals surface area contributed by atoms with Gasteiger partial charge in [0.1, 0.15) is 18.5 Å². The normalized spacial score (nSPS) is 18.2. The number of hydrogen-bond acceptors (Lipinski definition) is 8. The summed E-state index contributed by atoms with van der Waals surface area (Å²) in [6, 6.07) is 6.45. The highest BCUT2D eigenvalue weighted by atomic mass is 35.5. The molecule has 4 rings (SSSR count). The number of carbonyl (C=O) groups is 1. The van der Waals surface area contributed by atoms with Gasteiger partial charge in [-0.25, -0.2) is 9.78 Å². The van der Waals surface area contributed by atoms with Crippen LogP contribution in [0.25, 0.3) is 11.4 Å². The van der Waals surface area contributed by atoms with Crippen LogP contribution in [0.2, 0.25) is 5.02 Å². The van der Waals surface area contributed by atoms with E-state index in [2.05, 4.69) is 25.4 Å². The van der Waals surface area contributed by atoms with Gasteiger partial charge in [-0.1, -0.05) is 23.7 Å². The van der Waals surface area contributed by atoms with Crippen LogP contribution in [-0.2, 0) is 4.74 Å². The van der Waals surface area contributed by atoms with E-state index >= 15 is 0 Å². The number of rotatable bonds is 6. The van der Waals surface area contributed by atoms with Crippen molar-refractivity contribution in [2.24, 2.45) is 5.92 Å². The smallest absolute Gasteiger partial charge is 0.415 e. The first-order valence-corrected chi connectivity index (χ1v) is 10.2. The number of nitrogens with one attached hydrogen (secondary N) is 1. The minimum absolute atomic E-state index is 0.0179. The lowest BCUT2D eigenvalue weighted by Crippen LogP contribution is -2.44. The van der Waals surface area contributed by atoms with Crippen LogP contribution in [0.15, 0.2) is 41.1 Å². The molecular weight excluding hydrogens is 465 g/mol. The van der Waals surface area contributed by atoms with Crippen LogP contribution in [0.5, 0.6) is 0 Å². The second kappa shape index (κ2) is 8.85. The predicted molar refractivity (Wildman–Crippen MR) is 112 cm³/mol. The number of carbonyl (C=O) groups excluding carboxylic acids is 1. The van der Waals surface area contributed by atoms with E-state index in [1.807, 2.05) is 0 Å². The van der Waals surface area contributed by atoms with Crippen molar-refractivity contribution >= 4 is 29.5 Å².